The minimum Gasteiger partial charge on any atom is -0.452 e. The monoisotopic (exact) mass is 579 g/mol. The molecule has 12 nitrogen and oxygen atoms in total. The van der Waals surface area contributed by atoms with Gasteiger partial charge in [-0.25, -0.2) is 9.50 Å². The van der Waals surface area contributed by atoms with Gasteiger partial charge in [-0.15, -0.1) is 5.10 Å². The molecule has 0 radical (unpaired) electrons. The Morgan fingerprint density at radius 1 is 1.12 bits per heavy atom. The number of pyridine rings is 1. The second-order valence-corrected chi connectivity index (χ2v) is 10.3. The standard InChI is InChI=1S/C31H29N7O5/c1-18(35-30(41)26-27(32)36-37-16-6-14-33-28(26)37)22-17-20-8-5-7-19(13-15-34-29(40)23-11-12-24(39)43-23)25(20)31(42)38(22)21-9-3-2-4-10-21/h2-10,14,16-18,23H,11-13,15H2,1H3,(H2,32,36)(H,34,40)(H,35,41)/t18-,23+/m0/s1. The highest BCUT2D eigenvalue weighted by Gasteiger charge is 2.29. The number of amides is 2. The number of carbonyl (C=O) groups is 3. The van der Waals surface area contributed by atoms with E-state index >= 15 is 0 Å². The van der Waals surface area contributed by atoms with Gasteiger partial charge in [0, 0.05) is 43.2 Å². The van der Waals surface area contributed by atoms with E-state index in [0.29, 0.717) is 40.6 Å². The van der Waals surface area contributed by atoms with Crippen LogP contribution in [0.4, 0.5) is 5.82 Å². The first kappa shape index (κ1) is 27.6. The zero-order chi connectivity index (χ0) is 30.1. The number of nitrogens with zero attached hydrogens (tertiary/aromatic N) is 4. The molecule has 0 bridgehead atoms. The number of nitrogens with two attached hydrogens (primary N) is 1. The Morgan fingerprint density at radius 2 is 1.93 bits per heavy atom. The number of benzene rings is 2. The third-order valence-corrected chi connectivity index (χ3v) is 7.49. The lowest BCUT2D eigenvalue weighted by atomic mass is 10.0. The quantitative estimate of drug-likeness (QED) is 0.236. The molecule has 1 fully saturated rings. The lowest BCUT2D eigenvalue weighted by molar-refractivity contribution is -0.148. The number of ether oxygens (including phenoxy) is 1. The normalized spacial score (nSPS) is 15.4. The molecule has 1 saturated heterocycles. The first-order chi connectivity index (χ1) is 20.8. The van der Waals surface area contributed by atoms with Gasteiger partial charge in [0.15, 0.2) is 17.6 Å². The fraction of sp³-hybridized carbons (Fsp3) is 0.226. The lowest BCUT2D eigenvalue weighted by Crippen LogP contribution is -2.35. The molecule has 3 aromatic heterocycles. The van der Waals surface area contributed by atoms with Crippen LogP contribution < -0.4 is 21.9 Å². The number of nitrogens with one attached hydrogen (secondary N) is 2. The minimum absolute atomic E-state index is 0.0465. The number of aromatic nitrogens is 4. The molecule has 1 aliphatic rings. The van der Waals surface area contributed by atoms with E-state index in [1.807, 2.05) is 54.6 Å². The zero-order valence-corrected chi connectivity index (χ0v) is 23.3. The topological polar surface area (TPSA) is 163 Å². The van der Waals surface area contributed by atoms with Gasteiger partial charge in [0.25, 0.3) is 17.4 Å². The average Bonchev–Trinajstić information content (AvgIpc) is 3.59. The molecule has 5 aromatic rings. The number of para-hydroxylation sites is 1. The van der Waals surface area contributed by atoms with Crippen molar-refractivity contribution in [2.45, 2.75) is 38.3 Å². The van der Waals surface area contributed by atoms with Crippen LogP contribution in [0.1, 0.15) is 47.4 Å². The van der Waals surface area contributed by atoms with Crippen LogP contribution in [0.25, 0.3) is 22.1 Å². The number of hydrogen-bond acceptors (Lipinski definition) is 8. The SMILES string of the molecule is C[C@H](NC(=O)c1c(N)nn2cccnc12)c1cc2cccc(CCNC(=O)[C@H]3CCC(=O)O3)c2c(=O)n1-c1ccccc1. The van der Waals surface area contributed by atoms with Crippen molar-refractivity contribution in [1.29, 1.82) is 0 Å². The Morgan fingerprint density at radius 3 is 2.70 bits per heavy atom. The average molecular weight is 580 g/mol. The second kappa shape index (κ2) is 11.4. The van der Waals surface area contributed by atoms with E-state index in [9.17, 15) is 19.2 Å². The summed E-state index contributed by atoms with van der Waals surface area (Å²) in [5.41, 5.74) is 8.24. The van der Waals surface area contributed by atoms with Crippen molar-refractivity contribution >= 4 is 40.0 Å². The molecule has 2 amide bonds. The van der Waals surface area contributed by atoms with Crippen molar-refractivity contribution in [2.24, 2.45) is 0 Å². The Labute approximate surface area is 245 Å². The van der Waals surface area contributed by atoms with Crippen LogP contribution in [0.15, 0.2) is 77.9 Å². The predicted molar refractivity (Wildman–Crippen MR) is 159 cm³/mol. The maximum absolute atomic E-state index is 14.2. The zero-order valence-electron chi connectivity index (χ0n) is 23.3. The summed E-state index contributed by atoms with van der Waals surface area (Å²) in [5, 5.41) is 11.2. The molecule has 43 heavy (non-hydrogen) atoms. The summed E-state index contributed by atoms with van der Waals surface area (Å²) in [6, 6.07) is 17.7. The van der Waals surface area contributed by atoms with Crippen LogP contribution in [0.2, 0.25) is 0 Å². The molecule has 0 spiro atoms. The Bertz CT molecular complexity index is 1930. The molecular formula is C31H29N7O5. The molecule has 1 aliphatic heterocycles. The molecule has 2 aromatic carbocycles. The molecule has 12 heteroatoms. The number of hydrogen-bond donors (Lipinski definition) is 3. The van der Waals surface area contributed by atoms with Crippen LogP contribution in [0.5, 0.6) is 0 Å². The van der Waals surface area contributed by atoms with Crippen molar-refractivity contribution in [3.63, 3.8) is 0 Å². The van der Waals surface area contributed by atoms with E-state index in [1.165, 1.54) is 4.52 Å². The Balaban J connectivity index is 1.34. The van der Waals surface area contributed by atoms with Gasteiger partial charge in [-0.1, -0.05) is 36.4 Å². The van der Waals surface area contributed by atoms with Gasteiger partial charge in [0.05, 0.1) is 11.4 Å². The minimum atomic E-state index is -0.776. The van der Waals surface area contributed by atoms with Gasteiger partial charge in [0.2, 0.25) is 0 Å². The first-order valence-corrected chi connectivity index (χ1v) is 13.9. The van der Waals surface area contributed by atoms with E-state index in [0.717, 1.165) is 5.56 Å². The highest BCUT2D eigenvalue weighted by atomic mass is 16.6. The van der Waals surface area contributed by atoms with Crippen LogP contribution in [-0.2, 0) is 20.7 Å². The van der Waals surface area contributed by atoms with Gasteiger partial charge in [0.1, 0.15) is 5.56 Å². The molecule has 4 N–H and O–H groups in total. The van der Waals surface area contributed by atoms with E-state index in [2.05, 4.69) is 20.7 Å². The van der Waals surface area contributed by atoms with E-state index in [-0.39, 0.29) is 41.8 Å². The number of fused-ring (bicyclic) bond motifs is 2. The summed E-state index contributed by atoms with van der Waals surface area (Å²) in [7, 11) is 0. The highest BCUT2D eigenvalue weighted by molar-refractivity contribution is 6.04. The van der Waals surface area contributed by atoms with Crippen LogP contribution in [0.3, 0.4) is 0 Å². The van der Waals surface area contributed by atoms with Gasteiger partial charge in [-0.05, 0) is 48.6 Å². The third-order valence-electron chi connectivity index (χ3n) is 7.49. The number of nitrogen functional groups attached to an aromatic ring is 1. The fourth-order valence-corrected chi connectivity index (χ4v) is 5.43. The number of rotatable bonds is 8. The van der Waals surface area contributed by atoms with E-state index in [1.54, 1.807) is 30.0 Å². The van der Waals surface area contributed by atoms with Crippen molar-refractivity contribution in [3.8, 4) is 5.69 Å². The smallest absolute Gasteiger partial charge is 0.306 e. The molecule has 4 heterocycles. The maximum atomic E-state index is 14.2. The van der Waals surface area contributed by atoms with Crippen molar-refractivity contribution in [1.82, 2.24) is 29.8 Å². The molecule has 0 unspecified atom stereocenters. The van der Waals surface area contributed by atoms with Gasteiger partial charge < -0.3 is 21.1 Å². The van der Waals surface area contributed by atoms with Crippen LogP contribution >= 0.6 is 0 Å². The van der Waals surface area contributed by atoms with Gasteiger partial charge in [-0.2, -0.15) is 0 Å². The summed E-state index contributed by atoms with van der Waals surface area (Å²) >= 11 is 0. The number of carbonyl (C=O) groups excluding carboxylic acids is 3. The van der Waals surface area contributed by atoms with E-state index < -0.39 is 18.1 Å². The predicted octanol–water partition coefficient (Wildman–Crippen LogP) is 2.47. The van der Waals surface area contributed by atoms with Gasteiger partial charge in [-0.3, -0.25) is 23.7 Å². The summed E-state index contributed by atoms with van der Waals surface area (Å²) in [4.78, 5) is 55.7. The lowest BCUT2D eigenvalue weighted by Gasteiger charge is -2.21. The van der Waals surface area contributed by atoms with Crippen molar-refractivity contribution < 1.29 is 19.1 Å². The van der Waals surface area contributed by atoms with Crippen LogP contribution in [-0.4, -0.2) is 49.6 Å². The molecule has 218 valence electrons. The Kier molecular flexibility index (Phi) is 7.33. The third kappa shape index (κ3) is 5.30. The summed E-state index contributed by atoms with van der Waals surface area (Å²) in [6.45, 7) is 2.06. The summed E-state index contributed by atoms with van der Waals surface area (Å²) in [6.07, 6.45) is 3.41. The first-order valence-electron chi connectivity index (χ1n) is 13.9. The summed E-state index contributed by atoms with van der Waals surface area (Å²) in [5.74, 6) is -1.15. The molecule has 2 atom stereocenters. The molecular weight excluding hydrogens is 550 g/mol. The van der Waals surface area contributed by atoms with E-state index in [4.69, 9.17) is 10.5 Å². The van der Waals surface area contributed by atoms with Crippen LogP contribution in [0, 0.1) is 0 Å². The second-order valence-electron chi connectivity index (χ2n) is 10.3. The molecule has 0 aliphatic carbocycles. The number of anilines is 1. The maximum Gasteiger partial charge on any atom is 0.306 e. The molecule has 6 rings (SSSR count). The largest absolute Gasteiger partial charge is 0.452 e. The highest BCUT2D eigenvalue weighted by Crippen LogP contribution is 2.25. The fourth-order valence-electron chi connectivity index (χ4n) is 5.43. The van der Waals surface area contributed by atoms with Crippen molar-refractivity contribution in [2.75, 3.05) is 12.3 Å². The number of esters is 1. The number of cyclic esters (lactones) is 1. The Hall–Kier alpha value is -5.52. The summed E-state index contributed by atoms with van der Waals surface area (Å²) < 4.78 is 8.07. The van der Waals surface area contributed by atoms with Gasteiger partial charge >= 0.3 is 5.97 Å². The molecule has 0 saturated carbocycles. The van der Waals surface area contributed by atoms with Crippen molar-refractivity contribution in [3.05, 3.63) is 100 Å².